The lowest BCUT2D eigenvalue weighted by Crippen LogP contribution is -2.12. The molecule has 6 heteroatoms. The second-order valence-electron chi connectivity index (χ2n) is 6.69. The van der Waals surface area contributed by atoms with Gasteiger partial charge in [0.1, 0.15) is 0 Å². The Bertz CT molecular complexity index is 835. The van der Waals surface area contributed by atoms with Crippen LogP contribution in [0.2, 0.25) is 0 Å². The number of nitrogens with one attached hydrogen (secondary N) is 2. The fourth-order valence-electron chi connectivity index (χ4n) is 2.25. The van der Waals surface area contributed by atoms with Crippen LogP contribution in [-0.2, 0) is 5.41 Å². The zero-order valence-corrected chi connectivity index (χ0v) is 15.2. The van der Waals surface area contributed by atoms with Crippen LogP contribution >= 0.6 is 11.3 Å². The minimum absolute atomic E-state index is 0.126. The van der Waals surface area contributed by atoms with Crippen molar-refractivity contribution in [3.63, 3.8) is 0 Å². The van der Waals surface area contributed by atoms with Gasteiger partial charge in [-0.1, -0.05) is 39.0 Å². The quantitative estimate of drug-likeness (QED) is 0.705. The van der Waals surface area contributed by atoms with Crippen LogP contribution in [0.1, 0.15) is 36.0 Å². The van der Waals surface area contributed by atoms with Crippen LogP contribution in [0.25, 0.3) is 0 Å². The van der Waals surface area contributed by atoms with Crippen LogP contribution in [0.3, 0.4) is 0 Å². The summed E-state index contributed by atoms with van der Waals surface area (Å²) >= 11 is 1.39. The number of rotatable bonds is 4. The average Bonchev–Trinajstić information content (AvgIpc) is 3.11. The zero-order chi connectivity index (χ0) is 17.9. The molecule has 3 rings (SSSR count). The van der Waals surface area contributed by atoms with Gasteiger partial charge in [0, 0.05) is 5.69 Å². The SMILES string of the molecule is CC(C)(C)c1ccc(Nc2ccc(NC(=O)c3cccs3)nn2)cc1. The minimum atomic E-state index is -0.178. The van der Waals surface area contributed by atoms with Crippen LogP contribution in [0.15, 0.2) is 53.9 Å². The van der Waals surface area contributed by atoms with Gasteiger partial charge in [0.25, 0.3) is 5.91 Å². The van der Waals surface area contributed by atoms with Gasteiger partial charge in [-0.3, -0.25) is 4.79 Å². The first kappa shape index (κ1) is 17.1. The summed E-state index contributed by atoms with van der Waals surface area (Å²) in [7, 11) is 0. The summed E-state index contributed by atoms with van der Waals surface area (Å²) in [6.45, 7) is 6.55. The zero-order valence-electron chi connectivity index (χ0n) is 14.4. The minimum Gasteiger partial charge on any atom is -0.339 e. The van der Waals surface area contributed by atoms with Crippen molar-refractivity contribution in [1.82, 2.24) is 10.2 Å². The fraction of sp³-hybridized carbons (Fsp3) is 0.211. The molecule has 2 heterocycles. The van der Waals surface area contributed by atoms with E-state index in [0.717, 1.165) is 5.69 Å². The van der Waals surface area contributed by atoms with Gasteiger partial charge < -0.3 is 10.6 Å². The molecule has 0 bridgehead atoms. The van der Waals surface area contributed by atoms with E-state index in [-0.39, 0.29) is 11.3 Å². The average molecular weight is 352 g/mol. The lowest BCUT2D eigenvalue weighted by molar-refractivity contribution is 0.103. The lowest BCUT2D eigenvalue weighted by Gasteiger charge is -2.19. The number of aromatic nitrogens is 2. The largest absolute Gasteiger partial charge is 0.339 e. The van der Waals surface area contributed by atoms with E-state index in [2.05, 4.69) is 53.7 Å². The first-order valence-electron chi connectivity index (χ1n) is 7.98. The van der Waals surface area contributed by atoms with E-state index in [1.54, 1.807) is 18.2 Å². The summed E-state index contributed by atoms with van der Waals surface area (Å²) in [6, 6.07) is 15.4. The molecule has 3 aromatic rings. The molecular weight excluding hydrogens is 332 g/mol. The van der Waals surface area contributed by atoms with Crippen molar-refractivity contribution in [2.45, 2.75) is 26.2 Å². The Kier molecular flexibility index (Phi) is 4.81. The van der Waals surface area contributed by atoms with Crippen molar-refractivity contribution in [3.05, 3.63) is 64.4 Å². The number of amides is 1. The molecule has 0 aliphatic heterocycles. The van der Waals surface area contributed by atoms with Crippen LogP contribution in [0, 0.1) is 0 Å². The summed E-state index contributed by atoms with van der Waals surface area (Å²) in [4.78, 5) is 12.6. The molecule has 0 radical (unpaired) electrons. The predicted octanol–water partition coefficient (Wildman–Crippen LogP) is 4.83. The predicted molar refractivity (Wildman–Crippen MR) is 103 cm³/mol. The summed E-state index contributed by atoms with van der Waals surface area (Å²) < 4.78 is 0. The maximum absolute atomic E-state index is 12.0. The highest BCUT2D eigenvalue weighted by atomic mass is 32.1. The Balaban J connectivity index is 1.63. The smallest absolute Gasteiger partial charge is 0.266 e. The van der Waals surface area contributed by atoms with Crippen LogP contribution in [0.4, 0.5) is 17.3 Å². The number of anilines is 3. The third-order valence-electron chi connectivity index (χ3n) is 3.67. The van der Waals surface area contributed by atoms with Crippen LogP contribution in [0.5, 0.6) is 0 Å². The molecule has 1 amide bonds. The van der Waals surface area contributed by atoms with E-state index in [0.29, 0.717) is 16.5 Å². The Hall–Kier alpha value is -2.73. The van der Waals surface area contributed by atoms with Crippen LogP contribution < -0.4 is 10.6 Å². The molecule has 1 aromatic carbocycles. The molecule has 0 fully saturated rings. The van der Waals surface area contributed by atoms with E-state index >= 15 is 0 Å². The number of hydrogen-bond donors (Lipinski definition) is 2. The second kappa shape index (κ2) is 7.03. The molecule has 2 N–H and O–H groups in total. The molecular formula is C19H20N4OS. The Morgan fingerprint density at radius 3 is 2.20 bits per heavy atom. The molecule has 0 saturated carbocycles. The van der Waals surface area contributed by atoms with Gasteiger partial charge in [0.05, 0.1) is 4.88 Å². The molecule has 0 unspecified atom stereocenters. The highest BCUT2D eigenvalue weighted by Gasteiger charge is 2.13. The fourth-order valence-corrected chi connectivity index (χ4v) is 2.87. The van der Waals surface area contributed by atoms with Crippen molar-refractivity contribution in [3.8, 4) is 0 Å². The van der Waals surface area contributed by atoms with E-state index < -0.39 is 0 Å². The van der Waals surface area contributed by atoms with Gasteiger partial charge in [0.15, 0.2) is 11.6 Å². The number of thiophene rings is 1. The molecule has 0 spiro atoms. The normalized spacial score (nSPS) is 11.2. The van der Waals surface area contributed by atoms with E-state index in [1.165, 1.54) is 16.9 Å². The third kappa shape index (κ3) is 4.42. The number of hydrogen-bond acceptors (Lipinski definition) is 5. The van der Waals surface area contributed by atoms with Crippen molar-refractivity contribution in [2.75, 3.05) is 10.6 Å². The first-order valence-corrected chi connectivity index (χ1v) is 8.86. The maximum atomic E-state index is 12.0. The third-order valence-corrected chi connectivity index (χ3v) is 4.54. The molecule has 0 atom stereocenters. The molecule has 0 saturated heterocycles. The number of nitrogens with zero attached hydrogens (tertiary/aromatic N) is 2. The highest BCUT2D eigenvalue weighted by Crippen LogP contribution is 2.24. The van der Waals surface area contributed by atoms with Gasteiger partial charge in [-0.05, 0) is 46.7 Å². The molecule has 25 heavy (non-hydrogen) atoms. The molecule has 0 aliphatic carbocycles. The van der Waals surface area contributed by atoms with E-state index in [1.807, 2.05) is 23.6 Å². The van der Waals surface area contributed by atoms with Gasteiger partial charge in [-0.15, -0.1) is 21.5 Å². The Labute approximate surface area is 151 Å². The van der Waals surface area contributed by atoms with Gasteiger partial charge >= 0.3 is 0 Å². The summed E-state index contributed by atoms with van der Waals surface area (Å²) in [6.07, 6.45) is 0. The Morgan fingerprint density at radius 2 is 1.64 bits per heavy atom. The highest BCUT2D eigenvalue weighted by molar-refractivity contribution is 7.12. The molecule has 128 valence electrons. The first-order chi connectivity index (χ1) is 11.9. The number of carbonyl (C=O) groups excluding carboxylic acids is 1. The number of benzene rings is 1. The van der Waals surface area contributed by atoms with Crippen molar-refractivity contribution in [1.29, 1.82) is 0 Å². The van der Waals surface area contributed by atoms with Crippen LogP contribution in [-0.4, -0.2) is 16.1 Å². The van der Waals surface area contributed by atoms with Gasteiger partial charge in [-0.25, -0.2) is 0 Å². The molecule has 2 aromatic heterocycles. The van der Waals surface area contributed by atoms with E-state index in [9.17, 15) is 4.79 Å². The Morgan fingerprint density at radius 1 is 0.960 bits per heavy atom. The monoisotopic (exact) mass is 352 g/mol. The van der Waals surface area contributed by atoms with Gasteiger partial charge in [-0.2, -0.15) is 0 Å². The van der Waals surface area contributed by atoms with E-state index in [4.69, 9.17) is 0 Å². The standard InChI is InChI=1S/C19H20N4OS/c1-19(2,3)13-6-8-14(9-7-13)20-16-10-11-17(23-22-16)21-18(24)15-5-4-12-25-15/h4-12H,1-3H3,(H,20,22)(H,21,23,24). The second-order valence-corrected chi connectivity index (χ2v) is 7.64. The topological polar surface area (TPSA) is 66.9 Å². The van der Waals surface area contributed by atoms with Crippen molar-refractivity contribution < 1.29 is 4.79 Å². The maximum Gasteiger partial charge on any atom is 0.266 e. The summed E-state index contributed by atoms with van der Waals surface area (Å²) in [5.41, 5.74) is 2.34. The van der Waals surface area contributed by atoms with Gasteiger partial charge in [0.2, 0.25) is 0 Å². The summed E-state index contributed by atoms with van der Waals surface area (Å²) in [5, 5.41) is 15.9. The van der Waals surface area contributed by atoms with Crippen molar-refractivity contribution >= 4 is 34.6 Å². The number of carbonyl (C=O) groups is 1. The van der Waals surface area contributed by atoms with Crippen molar-refractivity contribution in [2.24, 2.45) is 0 Å². The lowest BCUT2D eigenvalue weighted by atomic mass is 9.87. The molecule has 0 aliphatic rings. The molecule has 5 nitrogen and oxygen atoms in total. The summed E-state index contributed by atoms with van der Waals surface area (Å²) in [5.74, 6) is 0.868.